The minimum absolute atomic E-state index is 0.179. The van der Waals surface area contributed by atoms with Gasteiger partial charge in [0.1, 0.15) is 5.82 Å². The van der Waals surface area contributed by atoms with Crippen molar-refractivity contribution in [2.75, 3.05) is 6.54 Å². The lowest BCUT2D eigenvalue weighted by molar-refractivity contribution is 0.0953. The van der Waals surface area contributed by atoms with Crippen molar-refractivity contribution in [3.63, 3.8) is 0 Å². The first-order valence-electron chi connectivity index (χ1n) is 6.26. The molecule has 0 saturated carbocycles. The summed E-state index contributed by atoms with van der Waals surface area (Å²) in [5, 5.41) is 9.40. The Hall–Kier alpha value is -2.17. The molecule has 0 fully saturated rings. The molecular weight excluding hydrogens is 245 g/mol. The summed E-state index contributed by atoms with van der Waals surface area (Å²) >= 11 is 0. The van der Waals surface area contributed by atoms with E-state index in [4.69, 9.17) is 0 Å². The summed E-state index contributed by atoms with van der Waals surface area (Å²) < 4.78 is 13.4. The molecule has 0 atom stereocenters. The molecule has 4 nitrogen and oxygen atoms in total. The molecule has 0 radical (unpaired) electrons. The van der Waals surface area contributed by atoms with Crippen LogP contribution in [0, 0.1) is 5.82 Å². The number of H-pyrrole nitrogens is 1. The van der Waals surface area contributed by atoms with Gasteiger partial charge in [0, 0.05) is 12.2 Å². The van der Waals surface area contributed by atoms with E-state index in [2.05, 4.69) is 15.5 Å². The number of amides is 1. The van der Waals surface area contributed by atoms with Crippen LogP contribution in [0.1, 0.15) is 28.5 Å². The first kappa shape index (κ1) is 13.3. The number of aromatic nitrogens is 2. The number of nitrogens with one attached hydrogen (secondary N) is 2. The molecule has 0 bridgehead atoms. The average Bonchev–Trinajstić information content (AvgIpc) is 2.89. The van der Waals surface area contributed by atoms with Crippen molar-refractivity contribution in [1.82, 2.24) is 15.5 Å². The lowest BCUT2D eigenvalue weighted by Gasteiger charge is -2.06. The van der Waals surface area contributed by atoms with E-state index in [1.807, 2.05) is 6.92 Å². The Labute approximate surface area is 111 Å². The largest absolute Gasteiger partial charge is 0.352 e. The van der Waals surface area contributed by atoms with Crippen LogP contribution in [0.4, 0.5) is 4.39 Å². The molecule has 0 unspecified atom stereocenters. The second kappa shape index (κ2) is 6.13. The molecule has 1 aromatic carbocycles. The van der Waals surface area contributed by atoms with Crippen LogP contribution in [0.25, 0.3) is 0 Å². The van der Waals surface area contributed by atoms with Gasteiger partial charge in [0.25, 0.3) is 5.91 Å². The minimum Gasteiger partial charge on any atom is -0.352 e. The smallest absolute Gasteiger partial charge is 0.254 e. The third-order valence-corrected chi connectivity index (χ3v) is 2.95. The first-order chi connectivity index (χ1) is 9.22. The van der Waals surface area contributed by atoms with Crippen molar-refractivity contribution >= 4 is 5.91 Å². The topological polar surface area (TPSA) is 57.8 Å². The number of nitrogens with zero attached hydrogens (tertiary/aromatic N) is 1. The van der Waals surface area contributed by atoms with E-state index in [0.29, 0.717) is 24.1 Å². The van der Waals surface area contributed by atoms with Crippen molar-refractivity contribution < 1.29 is 9.18 Å². The van der Waals surface area contributed by atoms with E-state index < -0.39 is 0 Å². The summed E-state index contributed by atoms with van der Waals surface area (Å²) in [5.41, 5.74) is 1.96. The lowest BCUT2D eigenvalue weighted by Crippen LogP contribution is -2.26. The second-order valence-corrected chi connectivity index (χ2v) is 4.21. The Balaban J connectivity index is 1.90. The van der Waals surface area contributed by atoms with Crippen molar-refractivity contribution in [1.29, 1.82) is 0 Å². The highest BCUT2D eigenvalue weighted by atomic mass is 19.1. The molecule has 1 heterocycles. The van der Waals surface area contributed by atoms with Crippen LogP contribution in [-0.4, -0.2) is 22.6 Å². The van der Waals surface area contributed by atoms with E-state index >= 15 is 0 Å². The summed E-state index contributed by atoms with van der Waals surface area (Å²) in [6, 6.07) is 6.57. The van der Waals surface area contributed by atoms with Crippen LogP contribution in [-0.2, 0) is 12.8 Å². The molecular formula is C14H16FN3O. The minimum atomic E-state index is -0.241. The highest BCUT2D eigenvalue weighted by Crippen LogP contribution is 2.07. The highest BCUT2D eigenvalue weighted by Gasteiger charge is 2.11. The zero-order valence-corrected chi connectivity index (χ0v) is 10.7. The Morgan fingerprint density at radius 1 is 1.42 bits per heavy atom. The second-order valence-electron chi connectivity index (χ2n) is 4.21. The van der Waals surface area contributed by atoms with Crippen molar-refractivity contribution in [3.8, 4) is 0 Å². The molecule has 1 amide bonds. The molecule has 0 aliphatic carbocycles. The Kier molecular flexibility index (Phi) is 4.28. The van der Waals surface area contributed by atoms with Gasteiger partial charge in [-0.25, -0.2) is 4.39 Å². The number of benzene rings is 1. The lowest BCUT2D eigenvalue weighted by atomic mass is 10.1. The molecule has 19 heavy (non-hydrogen) atoms. The van der Waals surface area contributed by atoms with E-state index in [1.54, 1.807) is 18.2 Å². The maximum absolute atomic E-state index is 13.4. The summed E-state index contributed by atoms with van der Waals surface area (Å²) in [6.07, 6.45) is 2.70. The SMILES string of the molecule is CCc1[nH]ncc1C(=O)NCCc1ccccc1F. The number of rotatable bonds is 5. The van der Waals surface area contributed by atoms with E-state index in [9.17, 15) is 9.18 Å². The predicted octanol–water partition coefficient (Wildman–Crippen LogP) is 2.08. The van der Waals surface area contributed by atoms with E-state index in [1.165, 1.54) is 12.3 Å². The van der Waals surface area contributed by atoms with Crippen molar-refractivity contribution in [3.05, 3.63) is 53.1 Å². The number of carbonyl (C=O) groups excluding carboxylic acids is 1. The number of hydrogen-bond donors (Lipinski definition) is 2. The molecule has 0 aliphatic heterocycles. The number of aromatic amines is 1. The van der Waals surface area contributed by atoms with Crippen LogP contribution in [0.5, 0.6) is 0 Å². The molecule has 2 N–H and O–H groups in total. The Morgan fingerprint density at radius 3 is 2.95 bits per heavy atom. The van der Waals surface area contributed by atoms with Gasteiger partial charge in [-0.3, -0.25) is 9.89 Å². The predicted molar refractivity (Wildman–Crippen MR) is 70.4 cm³/mol. The van der Waals surface area contributed by atoms with Gasteiger partial charge in [-0.05, 0) is 24.5 Å². The molecule has 100 valence electrons. The summed E-state index contributed by atoms with van der Waals surface area (Å²) in [7, 11) is 0. The fourth-order valence-corrected chi connectivity index (χ4v) is 1.89. The maximum atomic E-state index is 13.4. The number of hydrogen-bond acceptors (Lipinski definition) is 2. The number of carbonyl (C=O) groups is 1. The van der Waals surface area contributed by atoms with Gasteiger partial charge in [0.05, 0.1) is 11.8 Å². The monoisotopic (exact) mass is 261 g/mol. The quantitative estimate of drug-likeness (QED) is 0.865. The average molecular weight is 261 g/mol. The molecule has 0 aliphatic rings. The normalized spacial score (nSPS) is 10.4. The van der Waals surface area contributed by atoms with E-state index in [0.717, 1.165) is 12.1 Å². The van der Waals surface area contributed by atoms with Gasteiger partial charge in [-0.15, -0.1) is 0 Å². The molecule has 2 rings (SSSR count). The standard InChI is InChI=1S/C14H16FN3O/c1-2-13-11(9-17-18-13)14(19)16-8-7-10-5-3-4-6-12(10)15/h3-6,9H,2,7-8H2,1H3,(H,16,19)(H,17,18). The zero-order valence-electron chi connectivity index (χ0n) is 10.7. The summed E-state index contributed by atoms with van der Waals surface area (Å²) in [5.74, 6) is -0.420. The van der Waals surface area contributed by atoms with E-state index in [-0.39, 0.29) is 11.7 Å². The fourth-order valence-electron chi connectivity index (χ4n) is 1.89. The molecule has 1 aromatic heterocycles. The number of halogens is 1. The van der Waals surface area contributed by atoms with Gasteiger partial charge in [0.2, 0.25) is 0 Å². The van der Waals surface area contributed by atoms with Gasteiger partial charge < -0.3 is 5.32 Å². The zero-order chi connectivity index (χ0) is 13.7. The van der Waals surface area contributed by atoms with Crippen molar-refractivity contribution in [2.45, 2.75) is 19.8 Å². The van der Waals surface area contributed by atoms with Gasteiger partial charge >= 0.3 is 0 Å². The molecule has 2 aromatic rings. The first-order valence-corrected chi connectivity index (χ1v) is 6.26. The van der Waals surface area contributed by atoms with Crippen molar-refractivity contribution in [2.24, 2.45) is 0 Å². The van der Waals surface area contributed by atoms with Gasteiger partial charge in [0.15, 0.2) is 0 Å². The summed E-state index contributed by atoms with van der Waals surface area (Å²) in [6.45, 7) is 2.34. The Morgan fingerprint density at radius 2 is 2.21 bits per heavy atom. The Bertz CT molecular complexity index is 565. The third-order valence-electron chi connectivity index (χ3n) is 2.95. The van der Waals surface area contributed by atoms with Crippen LogP contribution in [0.3, 0.4) is 0 Å². The highest BCUT2D eigenvalue weighted by molar-refractivity contribution is 5.95. The fraction of sp³-hybridized carbons (Fsp3) is 0.286. The van der Waals surface area contributed by atoms with Crippen LogP contribution < -0.4 is 5.32 Å². The molecule has 0 saturated heterocycles. The summed E-state index contributed by atoms with van der Waals surface area (Å²) in [4.78, 5) is 11.9. The molecule has 0 spiro atoms. The third kappa shape index (κ3) is 3.19. The van der Waals surface area contributed by atoms with Gasteiger partial charge in [-0.2, -0.15) is 5.10 Å². The van der Waals surface area contributed by atoms with Crippen LogP contribution >= 0.6 is 0 Å². The van der Waals surface area contributed by atoms with Crippen LogP contribution in [0.2, 0.25) is 0 Å². The number of aryl methyl sites for hydroxylation is 1. The molecule has 5 heteroatoms. The van der Waals surface area contributed by atoms with Gasteiger partial charge in [-0.1, -0.05) is 25.1 Å². The maximum Gasteiger partial charge on any atom is 0.254 e. The van der Waals surface area contributed by atoms with Crippen LogP contribution in [0.15, 0.2) is 30.5 Å².